The Morgan fingerprint density at radius 1 is 1.35 bits per heavy atom. The van der Waals surface area contributed by atoms with E-state index in [4.69, 9.17) is 4.74 Å². The Morgan fingerprint density at radius 3 is 2.59 bits per heavy atom. The number of hydrogen-bond donors (Lipinski definition) is 1. The average Bonchev–Trinajstić information content (AvgIpc) is 2.71. The molecule has 5 heteroatoms. The van der Waals surface area contributed by atoms with Crippen molar-refractivity contribution in [2.24, 2.45) is 5.92 Å². The zero-order valence-corrected chi connectivity index (χ0v) is 11.5. The van der Waals surface area contributed by atoms with E-state index in [2.05, 4.69) is 43.1 Å². The van der Waals surface area contributed by atoms with Crippen molar-refractivity contribution >= 4 is 0 Å². The molecule has 1 aromatic heterocycles. The van der Waals surface area contributed by atoms with Crippen molar-refractivity contribution in [3.8, 4) is 0 Å². The SMILES string of the molecule is COCC(NCc1ncnn1C(C)C)C(C)C. The molecule has 17 heavy (non-hydrogen) atoms. The first-order chi connectivity index (χ1) is 8.06. The largest absolute Gasteiger partial charge is 0.383 e. The van der Waals surface area contributed by atoms with E-state index in [0.717, 1.165) is 12.4 Å². The molecule has 0 amide bonds. The number of nitrogens with zero attached hydrogens (tertiary/aromatic N) is 3. The van der Waals surface area contributed by atoms with Gasteiger partial charge in [0.25, 0.3) is 0 Å². The Balaban J connectivity index is 2.56. The zero-order chi connectivity index (χ0) is 12.8. The van der Waals surface area contributed by atoms with E-state index in [1.807, 2.05) is 4.68 Å². The van der Waals surface area contributed by atoms with Gasteiger partial charge in [0.15, 0.2) is 0 Å². The second-order valence-corrected chi connectivity index (χ2v) is 4.90. The summed E-state index contributed by atoms with van der Waals surface area (Å²) in [5.41, 5.74) is 0. The molecule has 98 valence electrons. The molecule has 0 aliphatic carbocycles. The normalized spacial score (nSPS) is 13.6. The van der Waals surface area contributed by atoms with Gasteiger partial charge in [0.2, 0.25) is 0 Å². The van der Waals surface area contributed by atoms with Crippen molar-refractivity contribution < 1.29 is 4.74 Å². The van der Waals surface area contributed by atoms with E-state index in [1.165, 1.54) is 0 Å². The van der Waals surface area contributed by atoms with Gasteiger partial charge in [0.1, 0.15) is 12.2 Å². The number of ether oxygens (including phenoxy) is 1. The van der Waals surface area contributed by atoms with Crippen molar-refractivity contribution in [3.05, 3.63) is 12.2 Å². The minimum atomic E-state index is 0.342. The molecule has 0 aromatic carbocycles. The highest BCUT2D eigenvalue weighted by Gasteiger charge is 2.14. The summed E-state index contributed by atoms with van der Waals surface area (Å²) < 4.78 is 7.15. The second kappa shape index (κ2) is 6.71. The van der Waals surface area contributed by atoms with Crippen LogP contribution in [-0.4, -0.2) is 34.5 Å². The number of nitrogens with one attached hydrogen (secondary N) is 1. The summed E-state index contributed by atoms with van der Waals surface area (Å²) in [5.74, 6) is 1.51. The lowest BCUT2D eigenvalue weighted by atomic mass is 10.1. The first-order valence-corrected chi connectivity index (χ1v) is 6.17. The van der Waals surface area contributed by atoms with E-state index in [1.54, 1.807) is 13.4 Å². The Bertz CT molecular complexity index is 322. The van der Waals surface area contributed by atoms with Gasteiger partial charge in [-0.25, -0.2) is 9.67 Å². The monoisotopic (exact) mass is 240 g/mol. The van der Waals surface area contributed by atoms with Crippen LogP contribution >= 0.6 is 0 Å². The fourth-order valence-corrected chi connectivity index (χ4v) is 1.72. The van der Waals surface area contributed by atoms with Gasteiger partial charge < -0.3 is 10.1 Å². The molecule has 0 saturated carbocycles. The van der Waals surface area contributed by atoms with Crippen molar-refractivity contribution in [2.45, 2.75) is 46.3 Å². The van der Waals surface area contributed by atoms with Crippen LogP contribution in [0.4, 0.5) is 0 Å². The number of hydrogen-bond acceptors (Lipinski definition) is 4. The van der Waals surface area contributed by atoms with Crippen LogP contribution in [-0.2, 0) is 11.3 Å². The third-order valence-electron chi connectivity index (χ3n) is 2.81. The smallest absolute Gasteiger partial charge is 0.141 e. The molecule has 1 rings (SSSR count). The van der Waals surface area contributed by atoms with Gasteiger partial charge in [-0.3, -0.25) is 0 Å². The Kier molecular flexibility index (Phi) is 5.58. The zero-order valence-electron chi connectivity index (χ0n) is 11.5. The van der Waals surface area contributed by atoms with Crippen LogP contribution in [0, 0.1) is 5.92 Å². The molecule has 0 aliphatic rings. The number of methoxy groups -OCH3 is 1. The van der Waals surface area contributed by atoms with Crippen LogP contribution in [0.3, 0.4) is 0 Å². The van der Waals surface area contributed by atoms with Gasteiger partial charge in [0, 0.05) is 19.2 Å². The average molecular weight is 240 g/mol. The Labute approximate surface area is 104 Å². The standard InChI is InChI=1S/C12H24N4O/c1-9(2)11(7-17-5)13-6-12-14-8-15-16(12)10(3)4/h8-11,13H,6-7H2,1-5H3. The van der Waals surface area contributed by atoms with Crippen molar-refractivity contribution in [1.29, 1.82) is 0 Å². The molecule has 1 unspecified atom stereocenters. The molecule has 1 heterocycles. The minimum absolute atomic E-state index is 0.342. The molecule has 0 spiro atoms. The lowest BCUT2D eigenvalue weighted by Gasteiger charge is -2.21. The first-order valence-electron chi connectivity index (χ1n) is 6.17. The van der Waals surface area contributed by atoms with Gasteiger partial charge in [-0.1, -0.05) is 13.8 Å². The molecule has 0 saturated heterocycles. The topological polar surface area (TPSA) is 52.0 Å². The minimum Gasteiger partial charge on any atom is -0.383 e. The number of aromatic nitrogens is 3. The van der Waals surface area contributed by atoms with Gasteiger partial charge in [0.05, 0.1) is 13.2 Å². The summed E-state index contributed by atoms with van der Waals surface area (Å²) >= 11 is 0. The van der Waals surface area contributed by atoms with Crippen LogP contribution in [0.1, 0.15) is 39.6 Å². The highest BCUT2D eigenvalue weighted by molar-refractivity contribution is 4.87. The Hall–Kier alpha value is -0.940. The predicted molar refractivity (Wildman–Crippen MR) is 67.7 cm³/mol. The van der Waals surface area contributed by atoms with Crippen molar-refractivity contribution in [2.75, 3.05) is 13.7 Å². The molecule has 1 N–H and O–H groups in total. The molecule has 0 bridgehead atoms. The van der Waals surface area contributed by atoms with E-state index in [0.29, 0.717) is 24.6 Å². The first kappa shape index (κ1) is 14.1. The van der Waals surface area contributed by atoms with Crippen LogP contribution in [0.15, 0.2) is 6.33 Å². The number of rotatable bonds is 7. The summed E-state index contributed by atoms with van der Waals surface area (Å²) in [5, 5.41) is 7.69. The molecule has 0 aliphatic heterocycles. The van der Waals surface area contributed by atoms with Gasteiger partial charge in [-0.15, -0.1) is 0 Å². The van der Waals surface area contributed by atoms with Gasteiger partial charge >= 0.3 is 0 Å². The maximum absolute atomic E-state index is 5.21. The van der Waals surface area contributed by atoms with Crippen LogP contribution in [0.5, 0.6) is 0 Å². The van der Waals surface area contributed by atoms with Crippen molar-refractivity contribution in [1.82, 2.24) is 20.1 Å². The maximum atomic E-state index is 5.21. The highest BCUT2D eigenvalue weighted by Crippen LogP contribution is 2.07. The summed E-state index contributed by atoms with van der Waals surface area (Å²) in [7, 11) is 1.73. The van der Waals surface area contributed by atoms with Crippen molar-refractivity contribution in [3.63, 3.8) is 0 Å². The summed E-state index contributed by atoms with van der Waals surface area (Å²) in [6, 6.07) is 0.687. The van der Waals surface area contributed by atoms with Crippen LogP contribution < -0.4 is 5.32 Å². The predicted octanol–water partition coefficient (Wildman–Crippen LogP) is 1.62. The van der Waals surface area contributed by atoms with Gasteiger partial charge in [-0.2, -0.15) is 5.10 Å². The molecule has 5 nitrogen and oxygen atoms in total. The molecular weight excluding hydrogens is 216 g/mol. The quantitative estimate of drug-likeness (QED) is 0.787. The molecule has 0 fully saturated rings. The van der Waals surface area contributed by atoms with Gasteiger partial charge in [-0.05, 0) is 19.8 Å². The summed E-state index contributed by atoms with van der Waals surface area (Å²) in [6.45, 7) is 10.0. The van der Waals surface area contributed by atoms with E-state index in [9.17, 15) is 0 Å². The third kappa shape index (κ3) is 4.09. The lowest BCUT2D eigenvalue weighted by Crippen LogP contribution is -2.38. The summed E-state index contributed by atoms with van der Waals surface area (Å²) in [6.07, 6.45) is 1.61. The fourth-order valence-electron chi connectivity index (χ4n) is 1.72. The third-order valence-corrected chi connectivity index (χ3v) is 2.81. The molecule has 1 aromatic rings. The van der Waals surface area contributed by atoms with Crippen LogP contribution in [0.2, 0.25) is 0 Å². The van der Waals surface area contributed by atoms with E-state index < -0.39 is 0 Å². The fraction of sp³-hybridized carbons (Fsp3) is 0.833. The molecule has 0 radical (unpaired) electrons. The highest BCUT2D eigenvalue weighted by atomic mass is 16.5. The maximum Gasteiger partial charge on any atom is 0.141 e. The Morgan fingerprint density at radius 2 is 2.06 bits per heavy atom. The van der Waals surface area contributed by atoms with E-state index in [-0.39, 0.29) is 0 Å². The summed E-state index contributed by atoms with van der Waals surface area (Å²) in [4.78, 5) is 4.28. The van der Waals surface area contributed by atoms with Crippen LogP contribution in [0.25, 0.3) is 0 Å². The molecule has 1 atom stereocenters. The molecular formula is C12H24N4O. The lowest BCUT2D eigenvalue weighted by molar-refractivity contribution is 0.145. The second-order valence-electron chi connectivity index (χ2n) is 4.90. The van der Waals surface area contributed by atoms with E-state index >= 15 is 0 Å².